The molecule has 2 aromatic carbocycles. The number of halogens is 3. The number of fused-ring (bicyclic) bond motifs is 1. The van der Waals surface area contributed by atoms with Crippen molar-refractivity contribution in [2.75, 3.05) is 20.8 Å². The second-order valence-corrected chi connectivity index (χ2v) is 14.3. The second-order valence-electron chi connectivity index (χ2n) is 10.7. The molecule has 0 N–H and O–H groups in total. The zero-order chi connectivity index (χ0) is 30.6. The van der Waals surface area contributed by atoms with E-state index < -0.39 is 26.3 Å². The molecule has 10 heteroatoms. The van der Waals surface area contributed by atoms with Gasteiger partial charge in [0.25, 0.3) is 0 Å². The Labute approximate surface area is 247 Å². The summed E-state index contributed by atoms with van der Waals surface area (Å²) in [6, 6.07) is 12.3. The maximum atomic E-state index is 13.2. The highest BCUT2D eigenvalue weighted by atomic mass is 28.4. The van der Waals surface area contributed by atoms with Crippen molar-refractivity contribution in [2.45, 2.75) is 90.1 Å². The molecule has 1 heterocycles. The van der Waals surface area contributed by atoms with Crippen LogP contribution in [0.15, 0.2) is 51.7 Å². The first-order valence-corrected chi connectivity index (χ1v) is 17.3. The fraction of sp³-hybridized carbons (Fsp3) is 0.531. The summed E-state index contributed by atoms with van der Waals surface area (Å²) in [5.41, 5.74) is 0.322. The lowest BCUT2D eigenvalue weighted by atomic mass is 10.00. The van der Waals surface area contributed by atoms with Crippen molar-refractivity contribution in [3.8, 4) is 22.6 Å². The van der Waals surface area contributed by atoms with Crippen molar-refractivity contribution in [2.24, 2.45) is 0 Å². The highest BCUT2D eigenvalue weighted by Crippen LogP contribution is 2.35. The molecule has 0 fully saturated rings. The van der Waals surface area contributed by atoms with Gasteiger partial charge in [-0.25, -0.2) is 4.79 Å². The monoisotopic (exact) mass is 608 g/mol. The lowest BCUT2D eigenvalue weighted by Crippen LogP contribution is -2.35. The normalized spacial score (nSPS) is 12.2. The fourth-order valence-electron chi connectivity index (χ4n) is 4.83. The molecule has 42 heavy (non-hydrogen) atoms. The Hall–Kier alpha value is -2.82. The lowest BCUT2D eigenvalue weighted by molar-refractivity contribution is -0.274. The molecule has 3 rings (SSSR count). The molecule has 6 nitrogen and oxygen atoms in total. The molecule has 0 bridgehead atoms. The van der Waals surface area contributed by atoms with Crippen LogP contribution in [0, 0.1) is 0 Å². The summed E-state index contributed by atoms with van der Waals surface area (Å²) < 4.78 is 66.4. The van der Waals surface area contributed by atoms with Gasteiger partial charge in [-0.2, -0.15) is 0 Å². The summed E-state index contributed by atoms with van der Waals surface area (Å²) in [6.45, 7) is 4.68. The summed E-state index contributed by atoms with van der Waals surface area (Å²) in [5, 5.41) is 0.572. The van der Waals surface area contributed by atoms with Crippen LogP contribution in [0.25, 0.3) is 22.1 Å². The Balaban J connectivity index is 1.59. The third-order valence-corrected chi connectivity index (χ3v) is 10.5. The number of hydrogen-bond acceptors (Lipinski definition) is 6. The second kappa shape index (κ2) is 16.1. The van der Waals surface area contributed by atoms with Crippen LogP contribution in [-0.4, -0.2) is 35.7 Å². The molecule has 0 aliphatic carbocycles. The van der Waals surface area contributed by atoms with E-state index >= 15 is 0 Å². The van der Waals surface area contributed by atoms with E-state index in [0.29, 0.717) is 29.7 Å². The van der Waals surface area contributed by atoms with Crippen LogP contribution in [0.5, 0.6) is 11.5 Å². The van der Waals surface area contributed by atoms with E-state index in [2.05, 4.69) is 18.2 Å². The molecule has 3 aromatic rings. The molecule has 0 atom stereocenters. The van der Waals surface area contributed by atoms with Gasteiger partial charge in [0, 0.05) is 31.2 Å². The third-order valence-electron chi connectivity index (χ3n) is 7.50. The van der Waals surface area contributed by atoms with Crippen molar-refractivity contribution in [3.63, 3.8) is 0 Å². The van der Waals surface area contributed by atoms with Gasteiger partial charge in [-0.05, 0) is 61.7 Å². The van der Waals surface area contributed by atoms with Crippen LogP contribution in [0.3, 0.4) is 0 Å². The van der Waals surface area contributed by atoms with E-state index in [0.717, 1.165) is 69.4 Å². The van der Waals surface area contributed by atoms with Gasteiger partial charge in [-0.15, -0.1) is 13.2 Å². The minimum absolute atomic E-state index is 0.00642. The van der Waals surface area contributed by atoms with Crippen LogP contribution in [0.4, 0.5) is 13.2 Å². The van der Waals surface area contributed by atoms with E-state index in [1.807, 2.05) is 0 Å². The number of hydrogen-bond donors (Lipinski definition) is 0. The number of unbranched alkanes of at least 4 members (excludes halogenated alkanes) is 7. The molecule has 0 aliphatic heterocycles. The Bertz CT molecular complexity index is 1320. The van der Waals surface area contributed by atoms with Crippen molar-refractivity contribution < 1.29 is 35.9 Å². The smallest absolute Gasteiger partial charge is 0.493 e. The number of benzene rings is 2. The number of alkyl halides is 3. The molecule has 232 valence electrons. The van der Waals surface area contributed by atoms with Crippen LogP contribution < -0.4 is 15.1 Å². The van der Waals surface area contributed by atoms with Gasteiger partial charge in [0.2, 0.25) is 0 Å². The van der Waals surface area contributed by atoms with Gasteiger partial charge in [-0.3, -0.25) is 0 Å². The first kappa shape index (κ1) is 33.7. The minimum Gasteiger partial charge on any atom is -0.493 e. The zero-order valence-corrected chi connectivity index (χ0v) is 26.1. The molecule has 1 aromatic heterocycles. The first-order valence-electron chi connectivity index (χ1n) is 14.8. The van der Waals surface area contributed by atoms with Crippen molar-refractivity contribution in [3.05, 3.63) is 58.4 Å². The Morgan fingerprint density at radius 2 is 1.55 bits per heavy atom. The fourth-order valence-corrected chi connectivity index (χ4v) is 6.30. The zero-order valence-electron chi connectivity index (χ0n) is 25.1. The summed E-state index contributed by atoms with van der Waals surface area (Å²) in [4.78, 5) is 12.9. The predicted octanol–water partition coefficient (Wildman–Crippen LogP) is 9.18. The Morgan fingerprint density at radius 3 is 2.24 bits per heavy atom. The maximum absolute atomic E-state index is 13.2. The number of aryl methyl sites for hydroxylation is 1. The molecular weight excluding hydrogens is 565 g/mol. The summed E-state index contributed by atoms with van der Waals surface area (Å²) in [6.07, 6.45) is 5.05. The quantitative estimate of drug-likeness (QED) is 0.0815. The van der Waals surface area contributed by atoms with E-state index in [9.17, 15) is 18.0 Å². The molecule has 0 radical (unpaired) electrons. The molecule has 0 saturated carbocycles. The SMILES string of the molecule is CCCCCc1ccc(-c2cc3ccc(OCCCCCCCC[Si](C)(OC)OC)cc3oc2=O)c(OC(F)(F)F)c1. The largest absolute Gasteiger partial charge is 0.573 e. The van der Waals surface area contributed by atoms with E-state index in [1.165, 1.54) is 18.2 Å². The van der Waals surface area contributed by atoms with Crippen LogP contribution >= 0.6 is 0 Å². The van der Waals surface area contributed by atoms with Crippen LogP contribution in [-0.2, 0) is 15.3 Å². The van der Waals surface area contributed by atoms with Gasteiger partial charge in [0.1, 0.15) is 17.1 Å². The van der Waals surface area contributed by atoms with Crippen LogP contribution in [0.1, 0.15) is 70.3 Å². The minimum atomic E-state index is -4.89. The topological polar surface area (TPSA) is 67.1 Å². The lowest BCUT2D eigenvalue weighted by Gasteiger charge is -2.22. The van der Waals surface area contributed by atoms with Gasteiger partial charge in [-0.1, -0.05) is 64.0 Å². The first-order chi connectivity index (χ1) is 20.1. The number of ether oxygens (including phenoxy) is 2. The Kier molecular flexibility index (Phi) is 12.9. The third kappa shape index (κ3) is 10.5. The maximum Gasteiger partial charge on any atom is 0.573 e. The van der Waals surface area contributed by atoms with E-state index in [-0.39, 0.29) is 11.1 Å². The van der Waals surface area contributed by atoms with Gasteiger partial charge in [0.15, 0.2) is 0 Å². The van der Waals surface area contributed by atoms with Crippen molar-refractivity contribution >= 4 is 19.5 Å². The molecule has 0 saturated heterocycles. The Morgan fingerprint density at radius 1 is 0.833 bits per heavy atom. The highest BCUT2D eigenvalue weighted by molar-refractivity contribution is 6.65. The average Bonchev–Trinajstić information content (AvgIpc) is 2.95. The van der Waals surface area contributed by atoms with Crippen molar-refractivity contribution in [1.29, 1.82) is 0 Å². The van der Waals surface area contributed by atoms with Gasteiger partial charge < -0.3 is 22.7 Å². The standard InChI is InChI=1S/C32H43F3O6Si/c1-5-6-11-14-24-15-18-27(30(21-24)41-32(33,34)35)28-22-25-16-17-26(23-29(25)40-31(28)36)39-19-12-9-7-8-10-13-20-42(4,37-2)38-3/h15-18,21-23H,5-14,19-20H2,1-4H3. The van der Waals surface area contributed by atoms with Gasteiger partial charge in [0.05, 0.1) is 12.2 Å². The molecule has 0 aliphatic rings. The van der Waals surface area contributed by atoms with E-state index in [4.69, 9.17) is 18.0 Å². The van der Waals surface area contributed by atoms with Crippen molar-refractivity contribution in [1.82, 2.24) is 0 Å². The molecular formula is C32H43F3O6Si. The molecule has 0 unspecified atom stereocenters. The van der Waals surface area contributed by atoms with Crippen LogP contribution in [0.2, 0.25) is 12.6 Å². The van der Waals surface area contributed by atoms with Gasteiger partial charge >= 0.3 is 20.5 Å². The summed E-state index contributed by atoms with van der Waals surface area (Å²) in [7, 11) is 1.47. The summed E-state index contributed by atoms with van der Waals surface area (Å²) in [5.74, 6) is 0.160. The predicted molar refractivity (Wildman–Crippen MR) is 161 cm³/mol. The molecule has 0 spiro atoms. The van der Waals surface area contributed by atoms with E-state index in [1.54, 1.807) is 38.5 Å². The number of rotatable bonds is 18. The average molecular weight is 609 g/mol. The summed E-state index contributed by atoms with van der Waals surface area (Å²) >= 11 is 0. The molecule has 0 amide bonds. The highest BCUT2D eigenvalue weighted by Gasteiger charge is 2.33.